The number of halogens is 2. The fraction of sp³-hybridized carbons (Fsp3) is 0.588. The fourth-order valence-electron chi connectivity index (χ4n) is 2.57. The number of nitrogens with one attached hydrogen (secondary N) is 1. The van der Waals surface area contributed by atoms with E-state index in [0.29, 0.717) is 23.7 Å². The van der Waals surface area contributed by atoms with E-state index in [-0.39, 0.29) is 18.3 Å². The lowest BCUT2D eigenvalue weighted by atomic mass is 9.98. The maximum atomic E-state index is 13.5. The lowest BCUT2D eigenvalue weighted by Gasteiger charge is -2.21. The molecule has 23 heavy (non-hydrogen) atoms. The Morgan fingerprint density at radius 3 is 2.83 bits per heavy atom. The molecule has 1 fully saturated rings. The van der Waals surface area contributed by atoms with Crippen molar-refractivity contribution in [2.75, 3.05) is 19.8 Å². The fourth-order valence-corrected chi connectivity index (χ4v) is 2.90. The minimum Gasteiger partial charge on any atom is -0.481 e. The molecule has 6 heteroatoms. The number of amides is 1. The molecule has 0 spiro atoms. The van der Waals surface area contributed by atoms with Crippen LogP contribution in [0.15, 0.2) is 22.7 Å². The van der Waals surface area contributed by atoms with Gasteiger partial charge in [-0.15, -0.1) is 0 Å². The minimum atomic E-state index is -0.493. The van der Waals surface area contributed by atoms with Crippen molar-refractivity contribution in [1.29, 1.82) is 0 Å². The number of carbonyl (C=O) groups excluding carboxylic acids is 1. The minimum absolute atomic E-state index is 0.0731. The third-order valence-electron chi connectivity index (χ3n) is 3.80. The highest BCUT2D eigenvalue weighted by Gasteiger charge is 2.13. The van der Waals surface area contributed by atoms with Gasteiger partial charge in [0.2, 0.25) is 0 Å². The van der Waals surface area contributed by atoms with E-state index in [0.717, 1.165) is 19.3 Å². The predicted molar refractivity (Wildman–Crippen MR) is 90.0 cm³/mol. The van der Waals surface area contributed by atoms with E-state index < -0.39 is 5.82 Å². The molecule has 4 nitrogen and oxygen atoms in total. The Morgan fingerprint density at radius 1 is 1.30 bits per heavy atom. The van der Waals surface area contributed by atoms with Crippen LogP contribution in [0.2, 0.25) is 0 Å². The van der Waals surface area contributed by atoms with Crippen LogP contribution in [0.4, 0.5) is 4.39 Å². The van der Waals surface area contributed by atoms with Crippen LogP contribution in [0.1, 0.15) is 38.5 Å². The SMILES string of the molecule is O=C(COc1ccc(Br)cc1F)NCCCOC1CCCCC1. The van der Waals surface area contributed by atoms with Crippen molar-refractivity contribution < 1.29 is 18.7 Å². The molecule has 128 valence electrons. The summed E-state index contributed by atoms with van der Waals surface area (Å²) < 4.78 is 25.1. The lowest BCUT2D eigenvalue weighted by Crippen LogP contribution is -2.30. The molecular weight excluding hydrogens is 365 g/mol. The summed E-state index contributed by atoms with van der Waals surface area (Å²) >= 11 is 3.17. The topological polar surface area (TPSA) is 47.6 Å². The molecule has 0 saturated heterocycles. The molecular formula is C17H23BrFNO3. The quantitative estimate of drug-likeness (QED) is 0.689. The Bertz CT molecular complexity index is 507. The zero-order valence-electron chi connectivity index (χ0n) is 13.2. The van der Waals surface area contributed by atoms with Gasteiger partial charge in [-0.25, -0.2) is 4.39 Å². The third kappa shape index (κ3) is 6.87. The van der Waals surface area contributed by atoms with Gasteiger partial charge >= 0.3 is 0 Å². The van der Waals surface area contributed by atoms with Crippen molar-refractivity contribution in [3.63, 3.8) is 0 Å². The van der Waals surface area contributed by atoms with Crippen LogP contribution in [0, 0.1) is 5.82 Å². The van der Waals surface area contributed by atoms with Crippen molar-refractivity contribution in [2.45, 2.75) is 44.6 Å². The van der Waals surface area contributed by atoms with Crippen molar-refractivity contribution >= 4 is 21.8 Å². The molecule has 1 aromatic rings. The molecule has 0 bridgehead atoms. The van der Waals surface area contributed by atoms with E-state index in [1.807, 2.05) is 0 Å². The normalized spacial score (nSPS) is 15.4. The van der Waals surface area contributed by atoms with Gasteiger partial charge in [-0.3, -0.25) is 4.79 Å². The summed E-state index contributed by atoms with van der Waals surface area (Å²) in [6, 6.07) is 4.46. The zero-order valence-corrected chi connectivity index (χ0v) is 14.7. The van der Waals surface area contributed by atoms with E-state index >= 15 is 0 Å². The summed E-state index contributed by atoms with van der Waals surface area (Å²) in [5, 5.41) is 2.75. The van der Waals surface area contributed by atoms with Gasteiger partial charge in [0, 0.05) is 17.6 Å². The van der Waals surface area contributed by atoms with Gasteiger partial charge < -0.3 is 14.8 Å². The predicted octanol–water partition coefficient (Wildman–Crippen LogP) is 3.82. The molecule has 0 unspecified atom stereocenters. The van der Waals surface area contributed by atoms with E-state index in [1.165, 1.54) is 31.4 Å². The zero-order chi connectivity index (χ0) is 16.5. The Morgan fingerprint density at radius 2 is 2.09 bits per heavy atom. The van der Waals surface area contributed by atoms with Gasteiger partial charge in [0.25, 0.3) is 5.91 Å². The Labute approximate surface area is 144 Å². The van der Waals surface area contributed by atoms with Crippen LogP contribution < -0.4 is 10.1 Å². The molecule has 1 saturated carbocycles. The van der Waals surface area contributed by atoms with Crippen molar-refractivity contribution in [3.8, 4) is 5.75 Å². The van der Waals surface area contributed by atoms with Crippen LogP contribution in [-0.2, 0) is 9.53 Å². The molecule has 1 aliphatic rings. The van der Waals surface area contributed by atoms with Crippen LogP contribution in [0.25, 0.3) is 0 Å². The Balaban J connectivity index is 1.54. The second kappa shape index (κ2) is 9.88. The summed E-state index contributed by atoms with van der Waals surface area (Å²) in [4.78, 5) is 11.7. The average Bonchev–Trinajstić information content (AvgIpc) is 2.54. The number of ether oxygens (including phenoxy) is 2. The largest absolute Gasteiger partial charge is 0.481 e. The molecule has 0 aromatic heterocycles. The van der Waals surface area contributed by atoms with Crippen LogP contribution in [-0.4, -0.2) is 31.8 Å². The smallest absolute Gasteiger partial charge is 0.257 e. The first-order valence-electron chi connectivity index (χ1n) is 8.11. The molecule has 1 N–H and O–H groups in total. The number of hydrogen-bond donors (Lipinski definition) is 1. The molecule has 0 aliphatic heterocycles. The second-order valence-corrected chi connectivity index (χ2v) is 6.61. The second-order valence-electron chi connectivity index (χ2n) is 5.70. The van der Waals surface area contributed by atoms with Gasteiger partial charge in [-0.05, 0) is 37.5 Å². The summed E-state index contributed by atoms with van der Waals surface area (Å²) in [7, 11) is 0. The van der Waals surface area contributed by atoms with E-state index in [4.69, 9.17) is 9.47 Å². The van der Waals surface area contributed by atoms with Gasteiger partial charge in [-0.1, -0.05) is 35.2 Å². The number of rotatable bonds is 8. The van der Waals surface area contributed by atoms with Crippen LogP contribution in [0.5, 0.6) is 5.75 Å². The van der Waals surface area contributed by atoms with E-state index in [9.17, 15) is 9.18 Å². The highest BCUT2D eigenvalue weighted by Crippen LogP contribution is 2.21. The molecule has 1 aliphatic carbocycles. The van der Waals surface area contributed by atoms with Gasteiger partial charge in [-0.2, -0.15) is 0 Å². The Hall–Kier alpha value is -1.14. The van der Waals surface area contributed by atoms with Crippen LogP contribution in [0.3, 0.4) is 0 Å². The Kier molecular flexibility index (Phi) is 7.82. The molecule has 2 rings (SSSR count). The molecule has 0 atom stereocenters. The van der Waals surface area contributed by atoms with Crippen molar-refractivity contribution in [3.05, 3.63) is 28.5 Å². The van der Waals surface area contributed by atoms with Crippen molar-refractivity contribution in [1.82, 2.24) is 5.32 Å². The molecule has 0 heterocycles. The molecule has 0 radical (unpaired) electrons. The van der Waals surface area contributed by atoms with Gasteiger partial charge in [0.05, 0.1) is 6.10 Å². The first kappa shape index (κ1) is 18.2. The number of benzene rings is 1. The standard InChI is InChI=1S/C17H23BrFNO3/c18-13-7-8-16(15(19)11-13)23-12-17(21)20-9-4-10-22-14-5-2-1-3-6-14/h7-8,11,14H,1-6,9-10,12H2,(H,20,21). The van der Waals surface area contributed by atoms with Gasteiger partial charge in [0.1, 0.15) is 0 Å². The number of carbonyl (C=O) groups is 1. The first-order chi connectivity index (χ1) is 11.1. The molecule has 1 aromatic carbocycles. The maximum absolute atomic E-state index is 13.5. The lowest BCUT2D eigenvalue weighted by molar-refractivity contribution is -0.123. The molecule has 1 amide bonds. The van der Waals surface area contributed by atoms with Crippen molar-refractivity contribution in [2.24, 2.45) is 0 Å². The maximum Gasteiger partial charge on any atom is 0.257 e. The average molecular weight is 388 g/mol. The highest BCUT2D eigenvalue weighted by molar-refractivity contribution is 9.10. The van der Waals surface area contributed by atoms with Crippen LogP contribution >= 0.6 is 15.9 Å². The highest BCUT2D eigenvalue weighted by atomic mass is 79.9. The summed E-state index contributed by atoms with van der Waals surface area (Å²) in [6.45, 7) is 1.01. The summed E-state index contributed by atoms with van der Waals surface area (Å²) in [6.07, 6.45) is 7.29. The number of hydrogen-bond acceptors (Lipinski definition) is 3. The van der Waals surface area contributed by atoms with E-state index in [2.05, 4.69) is 21.2 Å². The summed E-state index contributed by atoms with van der Waals surface area (Å²) in [5.74, 6) is -0.679. The monoisotopic (exact) mass is 387 g/mol. The summed E-state index contributed by atoms with van der Waals surface area (Å²) in [5.41, 5.74) is 0. The first-order valence-corrected chi connectivity index (χ1v) is 8.90. The van der Waals surface area contributed by atoms with E-state index in [1.54, 1.807) is 6.07 Å². The third-order valence-corrected chi connectivity index (χ3v) is 4.29. The van der Waals surface area contributed by atoms with Gasteiger partial charge in [0.15, 0.2) is 18.2 Å².